The fraction of sp³-hybridized carbons (Fsp3) is 0.522. The highest BCUT2D eigenvalue weighted by Crippen LogP contribution is 2.47. The number of nitro groups is 1. The van der Waals surface area contributed by atoms with Crippen LogP contribution in [0.15, 0.2) is 34.9 Å². The Labute approximate surface area is 219 Å². The topological polar surface area (TPSA) is 156 Å². The number of non-ortho nitro benzene ring substituents is 1. The van der Waals surface area contributed by atoms with E-state index >= 15 is 0 Å². The minimum Gasteiger partial charge on any atom is -0.456 e. The van der Waals surface area contributed by atoms with Gasteiger partial charge >= 0.3 is 5.97 Å². The quantitative estimate of drug-likeness (QED) is 0.216. The van der Waals surface area contributed by atoms with E-state index in [2.05, 4.69) is 0 Å². The van der Waals surface area contributed by atoms with E-state index in [0.29, 0.717) is 30.2 Å². The molecule has 3 atom stereocenters. The summed E-state index contributed by atoms with van der Waals surface area (Å²) in [6, 6.07) is 5.46. The zero-order valence-corrected chi connectivity index (χ0v) is 21.8. The molecule has 0 aromatic heterocycles. The number of amides is 2. The van der Waals surface area contributed by atoms with Crippen molar-refractivity contribution in [2.24, 2.45) is 11.7 Å². The summed E-state index contributed by atoms with van der Waals surface area (Å²) < 4.78 is 5.35. The Bertz CT molecular complexity index is 1020. The van der Waals surface area contributed by atoms with Crippen molar-refractivity contribution in [3.8, 4) is 0 Å². The van der Waals surface area contributed by atoms with Gasteiger partial charge < -0.3 is 25.4 Å². The molecule has 2 unspecified atom stereocenters. The van der Waals surface area contributed by atoms with E-state index in [1.807, 2.05) is 7.05 Å². The van der Waals surface area contributed by atoms with Crippen molar-refractivity contribution in [3.63, 3.8) is 0 Å². The fourth-order valence-corrected chi connectivity index (χ4v) is 5.22. The number of carbonyl (C=O) groups is 3. The molecule has 13 heteroatoms. The summed E-state index contributed by atoms with van der Waals surface area (Å²) in [6.07, 6.45) is 1.52. The standard InChI is InChI=1S/C18H21N3O6S.C5H9NO.ClH/c1-10(22)15-13-8-14(28-7-6-19)16(20(13)17(15)23)18(24)27-9-11-2-4-12(5-3-11)21(25)26;1-6-4-2-3-5(6)7;/h2-5,10,13,15,22H,6-9,19H2,1H3;2-4H2,1H3;1H/t10?,13-,15?;;/m0../s1. The highest BCUT2D eigenvalue weighted by atomic mass is 35.5. The van der Waals surface area contributed by atoms with Crippen molar-refractivity contribution in [1.82, 2.24) is 9.80 Å². The Balaban J connectivity index is 0.000000492. The molecule has 0 aliphatic carbocycles. The number of hydrogen-bond acceptors (Lipinski definition) is 9. The van der Waals surface area contributed by atoms with Crippen LogP contribution in [0, 0.1) is 16.0 Å². The van der Waals surface area contributed by atoms with Gasteiger partial charge in [-0.05, 0) is 31.0 Å². The van der Waals surface area contributed by atoms with Crippen molar-refractivity contribution in [2.45, 2.75) is 44.9 Å². The number of halogens is 1. The molecule has 4 rings (SSSR count). The number of esters is 1. The van der Waals surface area contributed by atoms with Gasteiger partial charge in [-0.1, -0.05) is 0 Å². The van der Waals surface area contributed by atoms with E-state index in [0.717, 1.165) is 24.3 Å². The number of aliphatic hydroxyl groups excluding tert-OH is 1. The zero-order chi connectivity index (χ0) is 25.7. The fourth-order valence-electron chi connectivity index (χ4n) is 4.25. The van der Waals surface area contributed by atoms with Crippen molar-refractivity contribution in [2.75, 3.05) is 25.9 Å². The molecule has 2 fully saturated rings. The first-order chi connectivity index (χ1) is 16.6. The molecule has 1 aromatic rings. The van der Waals surface area contributed by atoms with Gasteiger partial charge in [-0.2, -0.15) is 0 Å². The summed E-state index contributed by atoms with van der Waals surface area (Å²) in [7, 11) is 1.84. The molecule has 0 bridgehead atoms. The lowest BCUT2D eigenvalue weighted by atomic mass is 9.83. The van der Waals surface area contributed by atoms with Gasteiger partial charge in [0.1, 0.15) is 12.3 Å². The lowest BCUT2D eigenvalue weighted by molar-refractivity contribution is -0.384. The van der Waals surface area contributed by atoms with Gasteiger partial charge in [0.25, 0.3) is 5.69 Å². The molecule has 3 N–H and O–H groups in total. The molecule has 3 aliphatic heterocycles. The van der Waals surface area contributed by atoms with Gasteiger partial charge in [0.2, 0.25) is 11.8 Å². The van der Waals surface area contributed by atoms with E-state index in [4.69, 9.17) is 10.5 Å². The molecule has 2 amide bonds. The summed E-state index contributed by atoms with van der Waals surface area (Å²) in [5.74, 6) is -0.542. The van der Waals surface area contributed by atoms with Crippen LogP contribution in [0.2, 0.25) is 0 Å². The zero-order valence-electron chi connectivity index (χ0n) is 20.1. The predicted octanol–water partition coefficient (Wildman–Crippen LogP) is 1.81. The second-order valence-electron chi connectivity index (χ2n) is 8.57. The van der Waals surface area contributed by atoms with Gasteiger partial charge in [0.05, 0.1) is 23.0 Å². The Morgan fingerprint density at radius 1 is 1.33 bits per heavy atom. The number of nitro benzene ring substituents is 1. The number of carbonyl (C=O) groups excluding carboxylic acids is 3. The summed E-state index contributed by atoms with van der Waals surface area (Å²) in [6.45, 7) is 2.88. The van der Waals surface area contributed by atoms with E-state index in [-0.39, 0.29) is 42.3 Å². The van der Waals surface area contributed by atoms with E-state index in [9.17, 15) is 29.6 Å². The third-order valence-corrected chi connectivity index (χ3v) is 7.25. The lowest BCUT2D eigenvalue weighted by Crippen LogP contribution is -2.61. The van der Waals surface area contributed by atoms with E-state index in [1.54, 1.807) is 11.8 Å². The van der Waals surface area contributed by atoms with Crippen molar-refractivity contribution >= 4 is 47.6 Å². The number of nitrogens with zero attached hydrogens (tertiary/aromatic N) is 3. The van der Waals surface area contributed by atoms with Crippen LogP contribution in [-0.2, 0) is 25.7 Å². The van der Waals surface area contributed by atoms with Crippen molar-refractivity contribution in [3.05, 3.63) is 50.5 Å². The van der Waals surface area contributed by atoms with Crippen LogP contribution in [-0.4, -0.2) is 75.6 Å². The number of hydrogen-bond donors (Lipinski definition) is 2. The Hall–Kier alpha value is -2.67. The number of ether oxygens (including phenoxy) is 1. The van der Waals surface area contributed by atoms with Crippen LogP contribution in [0.5, 0.6) is 0 Å². The van der Waals surface area contributed by atoms with Gasteiger partial charge in [-0.3, -0.25) is 19.7 Å². The maximum absolute atomic E-state index is 12.7. The first-order valence-electron chi connectivity index (χ1n) is 11.4. The van der Waals surface area contributed by atoms with Gasteiger partial charge in [-0.25, -0.2) is 4.79 Å². The van der Waals surface area contributed by atoms with Gasteiger partial charge in [0, 0.05) is 55.8 Å². The number of thioether (sulfide) groups is 1. The number of nitrogens with two attached hydrogens (primary N) is 1. The number of rotatable bonds is 8. The largest absolute Gasteiger partial charge is 0.456 e. The van der Waals surface area contributed by atoms with Crippen LogP contribution in [0.3, 0.4) is 0 Å². The average Bonchev–Trinajstić information content (AvgIpc) is 3.36. The second-order valence-corrected chi connectivity index (χ2v) is 9.76. The maximum Gasteiger partial charge on any atom is 0.356 e. The summed E-state index contributed by atoms with van der Waals surface area (Å²) in [5, 5.41) is 20.5. The Morgan fingerprint density at radius 2 is 2.00 bits per heavy atom. The molecule has 0 radical (unpaired) electrons. The molecule has 198 valence electrons. The molecule has 3 aliphatic rings. The molecule has 3 heterocycles. The van der Waals surface area contributed by atoms with Crippen LogP contribution in [0.4, 0.5) is 5.69 Å². The Kier molecular flexibility index (Phi) is 10.7. The molecule has 2 saturated heterocycles. The second kappa shape index (κ2) is 13.0. The number of likely N-dealkylation sites (tertiary alicyclic amines) is 1. The Morgan fingerprint density at radius 3 is 2.47 bits per heavy atom. The minimum atomic E-state index is -0.787. The lowest BCUT2D eigenvalue weighted by Gasteiger charge is -2.44. The first-order valence-corrected chi connectivity index (χ1v) is 12.4. The molecular weight excluding hydrogens is 512 g/mol. The van der Waals surface area contributed by atoms with Gasteiger partial charge in [-0.15, -0.1) is 24.2 Å². The minimum absolute atomic E-state index is 0. The molecule has 0 spiro atoms. The molecule has 36 heavy (non-hydrogen) atoms. The van der Waals surface area contributed by atoms with Crippen LogP contribution < -0.4 is 5.73 Å². The van der Waals surface area contributed by atoms with Crippen LogP contribution >= 0.6 is 24.2 Å². The third-order valence-electron chi connectivity index (χ3n) is 6.10. The number of fused-ring (bicyclic) bond motifs is 1. The smallest absolute Gasteiger partial charge is 0.356 e. The van der Waals surface area contributed by atoms with E-state index in [1.165, 1.54) is 40.9 Å². The monoisotopic (exact) mass is 542 g/mol. The molecule has 11 nitrogen and oxygen atoms in total. The van der Waals surface area contributed by atoms with Crippen molar-refractivity contribution in [1.29, 1.82) is 0 Å². The highest BCUT2D eigenvalue weighted by molar-refractivity contribution is 8.03. The third kappa shape index (κ3) is 6.55. The number of aliphatic hydroxyl groups is 1. The predicted molar refractivity (Wildman–Crippen MR) is 136 cm³/mol. The van der Waals surface area contributed by atoms with Crippen LogP contribution in [0.25, 0.3) is 0 Å². The average molecular weight is 543 g/mol. The first kappa shape index (κ1) is 29.6. The molecular formula is C23H31ClN4O7S. The summed E-state index contributed by atoms with van der Waals surface area (Å²) >= 11 is 1.41. The highest BCUT2D eigenvalue weighted by Gasteiger charge is 2.56. The normalized spacial score (nSPS) is 21.2. The number of benzene rings is 1. The van der Waals surface area contributed by atoms with E-state index < -0.39 is 22.9 Å². The van der Waals surface area contributed by atoms with Crippen LogP contribution in [0.1, 0.15) is 31.7 Å². The van der Waals surface area contributed by atoms with Gasteiger partial charge in [0.15, 0.2) is 0 Å². The SMILES string of the molecule is CC(O)C1C(=O)N2C(C(=O)OCc3ccc([N+](=O)[O-])cc3)=C(SCCN)C[C@@H]12.CN1CCCC1=O.Cl. The molecule has 1 aromatic carbocycles. The summed E-state index contributed by atoms with van der Waals surface area (Å²) in [5.41, 5.74) is 6.32. The van der Waals surface area contributed by atoms with Crippen molar-refractivity contribution < 1.29 is 29.2 Å². The maximum atomic E-state index is 12.7. The molecule has 0 saturated carbocycles. The summed E-state index contributed by atoms with van der Waals surface area (Å²) in [4.78, 5) is 49.7. The number of β-lactam (4-membered cyclic amide) rings is 1.